The lowest BCUT2D eigenvalue weighted by Gasteiger charge is -2.37. The van der Waals surface area contributed by atoms with E-state index in [4.69, 9.17) is 9.84 Å². The molecular formula is C20H30FN3O4. The second kappa shape index (κ2) is 11.0. The van der Waals surface area contributed by atoms with E-state index in [2.05, 4.69) is 4.90 Å². The molecule has 1 heterocycles. The molecule has 0 atom stereocenters. The molecule has 156 valence electrons. The average Bonchev–Trinajstić information content (AvgIpc) is 2.68. The van der Waals surface area contributed by atoms with Crippen LogP contribution >= 0.6 is 0 Å². The molecule has 1 aliphatic heterocycles. The number of halogens is 1. The van der Waals surface area contributed by atoms with Gasteiger partial charge in [0.05, 0.1) is 19.6 Å². The number of carbonyl (C=O) groups excluding carboxylic acids is 1. The lowest BCUT2D eigenvalue weighted by Crippen LogP contribution is -2.49. The van der Waals surface area contributed by atoms with Crippen molar-refractivity contribution in [1.82, 2.24) is 14.7 Å². The summed E-state index contributed by atoms with van der Waals surface area (Å²) in [5, 5.41) is 9.00. The van der Waals surface area contributed by atoms with Crippen LogP contribution in [-0.4, -0.2) is 90.6 Å². The van der Waals surface area contributed by atoms with Gasteiger partial charge in [-0.25, -0.2) is 4.39 Å². The molecule has 1 N–H and O–H groups in total. The first-order chi connectivity index (χ1) is 13.4. The quantitative estimate of drug-likeness (QED) is 0.648. The topological polar surface area (TPSA) is 73.3 Å². The molecule has 1 saturated heterocycles. The zero-order chi connectivity index (χ0) is 20.5. The maximum atomic E-state index is 13.5. The van der Waals surface area contributed by atoms with Gasteiger partial charge in [-0.3, -0.25) is 19.4 Å². The SMILES string of the molecule is CCN(CC(=O)O)C1CCN(CC(=O)N(C)CCOc2ccccc2F)CC1. The van der Waals surface area contributed by atoms with Gasteiger partial charge in [-0.15, -0.1) is 0 Å². The van der Waals surface area contributed by atoms with Crippen molar-refractivity contribution in [3.05, 3.63) is 30.1 Å². The summed E-state index contributed by atoms with van der Waals surface area (Å²) in [7, 11) is 1.71. The van der Waals surface area contributed by atoms with Crippen LogP contribution in [0.5, 0.6) is 5.75 Å². The Kier molecular flexibility index (Phi) is 8.66. The molecule has 1 amide bonds. The summed E-state index contributed by atoms with van der Waals surface area (Å²) < 4.78 is 18.9. The predicted octanol–water partition coefficient (Wildman–Crippen LogP) is 1.53. The fourth-order valence-electron chi connectivity index (χ4n) is 3.41. The van der Waals surface area contributed by atoms with Crippen molar-refractivity contribution >= 4 is 11.9 Å². The maximum Gasteiger partial charge on any atom is 0.317 e. The van der Waals surface area contributed by atoms with Gasteiger partial charge in [-0.2, -0.15) is 0 Å². The minimum absolute atomic E-state index is 0.00605. The highest BCUT2D eigenvalue weighted by atomic mass is 19.1. The van der Waals surface area contributed by atoms with E-state index in [9.17, 15) is 14.0 Å². The Labute approximate surface area is 165 Å². The number of carbonyl (C=O) groups is 2. The van der Waals surface area contributed by atoms with E-state index in [0.717, 1.165) is 25.9 Å². The number of benzene rings is 1. The van der Waals surface area contributed by atoms with E-state index < -0.39 is 11.8 Å². The van der Waals surface area contributed by atoms with E-state index in [1.165, 1.54) is 6.07 Å². The normalized spacial score (nSPS) is 15.6. The van der Waals surface area contributed by atoms with Gasteiger partial charge < -0.3 is 14.7 Å². The summed E-state index contributed by atoms with van der Waals surface area (Å²) in [6.07, 6.45) is 1.71. The molecule has 28 heavy (non-hydrogen) atoms. The molecule has 0 aromatic heterocycles. The number of carboxylic acid groups (broad SMARTS) is 1. The third-order valence-electron chi connectivity index (χ3n) is 5.12. The molecule has 0 bridgehead atoms. The molecule has 0 unspecified atom stereocenters. The number of nitrogens with zero attached hydrogens (tertiary/aromatic N) is 3. The number of likely N-dealkylation sites (tertiary alicyclic amines) is 1. The standard InChI is InChI=1S/C20H30FN3O4/c1-3-24(15-20(26)27)16-8-10-23(11-9-16)14-19(25)22(2)12-13-28-18-7-5-4-6-17(18)21/h4-7,16H,3,8-15H2,1-2H3,(H,26,27). The summed E-state index contributed by atoms with van der Waals surface area (Å²) in [4.78, 5) is 29.0. The number of carboxylic acids is 1. The highest BCUT2D eigenvalue weighted by Gasteiger charge is 2.26. The highest BCUT2D eigenvalue weighted by Crippen LogP contribution is 2.17. The zero-order valence-electron chi connectivity index (χ0n) is 16.6. The predicted molar refractivity (Wildman–Crippen MR) is 104 cm³/mol. The fraction of sp³-hybridized carbons (Fsp3) is 0.600. The first kappa shape index (κ1) is 22.1. The van der Waals surface area contributed by atoms with Crippen LogP contribution in [0.2, 0.25) is 0 Å². The van der Waals surface area contributed by atoms with Crippen LogP contribution in [0.3, 0.4) is 0 Å². The van der Waals surface area contributed by atoms with E-state index >= 15 is 0 Å². The zero-order valence-corrected chi connectivity index (χ0v) is 16.6. The number of amides is 1. The third kappa shape index (κ3) is 6.76. The third-order valence-corrected chi connectivity index (χ3v) is 5.12. The maximum absolute atomic E-state index is 13.5. The van der Waals surface area contributed by atoms with Gasteiger partial charge in [-0.1, -0.05) is 19.1 Å². The van der Waals surface area contributed by atoms with Gasteiger partial charge in [0.25, 0.3) is 0 Å². The number of hydrogen-bond donors (Lipinski definition) is 1. The second-order valence-corrected chi connectivity index (χ2v) is 7.06. The number of rotatable bonds is 10. The molecule has 0 radical (unpaired) electrons. The molecule has 2 rings (SSSR count). The first-order valence-electron chi connectivity index (χ1n) is 9.70. The van der Waals surface area contributed by atoms with Crippen LogP contribution in [0, 0.1) is 5.82 Å². The summed E-state index contributed by atoms with van der Waals surface area (Å²) >= 11 is 0. The lowest BCUT2D eigenvalue weighted by atomic mass is 10.0. The van der Waals surface area contributed by atoms with Crippen molar-refractivity contribution in [2.45, 2.75) is 25.8 Å². The van der Waals surface area contributed by atoms with Crippen molar-refractivity contribution in [3.8, 4) is 5.75 Å². The summed E-state index contributed by atoms with van der Waals surface area (Å²) in [6, 6.07) is 6.45. The Morgan fingerprint density at radius 2 is 1.96 bits per heavy atom. The van der Waals surface area contributed by atoms with E-state index in [0.29, 0.717) is 19.6 Å². The summed E-state index contributed by atoms with van der Waals surface area (Å²) in [6.45, 7) is 5.21. The Bertz CT molecular complexity index is 650. The lowest BCUT2D eigenvalue weighted by molar-refractivity contribution is -0.139. The molecule has 8 heteroatoms. The van der Waals surface area contributed by atoms with Crippen molar-refractivity contribution in [1.29, 1.82) is 0 Å². The molecule has 1 fully saturated rings. The van der Waals surface area contributed by atoms with Gasteiger partial charge in [-0.05, 0) is 31.5 Å². The molecule has 0 saturated carbocycles. The smallest absolute Gasteiger partial charge is 0.317 e. The summed E-state index contributed by atoms with van der Waals surface area (Å²) in [5.74, 6) is -1.04. The van der Waals surface area contributed by atoms with Gasteiger partial charge in [0.15, 0.2) is 11.6 Å². The van der Waals surface area contributed by atoms with Crippen LogP contribution in [0.15, 0.2) is 24.3 Å². The van der Waals surface area contributed by atoms with Crippen LogP contribution < -0.4 is 4.74 Å². The number of hydrogen-bond acceptors (Lipinski definition) is 5. The Morgan fingerprint density at radius 1 is 1.29 bits per heavy atom. The van der Waals surface area contributed by atoms with Crippen molar-refractivity contribution in [3.63, 3.8) is 0 Å². The number of piperidine rings is 1. The van der Waals surface area contributed by atoms with Crippen LogP contribution in [-0.2, 0) is 9.59 Å². The van der Waals surface area contributed by atoms with Gasteiger partial charge in [0.2, 0.25) is 5.91 Å². The monoisotopic (exact) mass is 395 g/mol. The number of ether oxygens (including phenoxy) is 1. The van der Waals surface area contributed by atoms with E-state index in [-0.39, 0.29) is 30.9 Å². The summed E-state index contributed by atoms with van der Waals surface area (Å²) in [5.41, 5.74) is 0. The van der Waals surface area contributed by atoms with Crippen LogP contribution in [0.25, 0.3) is 0 Å². The number of para-hydroxylation sites is 1. The first-order valence-corrected chi connectivity index (χ1v) is 9.70. The van der Waals surface area contributed by atoms with Crippen molar-refractivity contribution < 1.29 is 23.8 Å². The second-order valence-electron chi connectivity index (χ2n) is 7.06. The number of likely N-dealkylation sites (N-methyl/N-ethyl adjacent to an activating group) is 2. The minimum Gasteiger partial charge on any atom is -0.489 e. The van der Waals surface area contributed by atoms with Gasteiger partial charge >= 0.3 is 5.97 Å². The molecule has 1 aliphatic rings. The van der Waals surface area contributed by atoms with E-state index in [1.807, 2.05) is 11.8 Å². The average molecular weight is 395 g/mol. The molecular weight excluding hydrogens is 365 g/mol. The Hall–Kier alpha value is -2.19. The molecule has 7 nitrogen and oxygen atoms in total. The molecule has 0 aliphatic carbocycles. The van der Waals surface area contributed by atoms with Crippen LogP contribution in [0.4, 0.5) is 4.39 Å². The Morgan fingerprint density at radius 3 is 2.57 bits per heavy atom. The van der Waals surface area contributed by atoms with Crippen molar-refractivity contribution in [2.24, 2.45) is 0 Å². The molecule has 0 spiro atoms. The van der Waals surface area contributed by atoms with Crippen LogP contribution in [0.1, 0.15) is 19.8 Å². The number of aliphatic carboxylic acids is 1. The largest absolute Gasteiger partial charge is 0.489 e. The minimum atomic E-state index is -0.807. The van der Waals surface area contributed by atoms with Gasteiger partial charge in [0, 0.05) is 26.2 Å². The Balaban J connectivity index is 1.70. The van der Waals surface area contributed by atoms with Crippen molar-refractivity contribution in [2.75, 3.05) is 52.9 Å². The molecule has 1 aromatic rings. The van der Waals surface area contributed by atoms with Gasteiger partial charge in [0.1, 0.15) is 6.61 Å². The fourth-order valence-corrected chi connectivity index (χ4v) is 3.41. The molecule has 1 aromatic carbocycles. The van der Waals surface area contributed by atoms with E-state index in [1.54, 1.807) is 30.1 Å². The highest BCUT2D eigenvalue weighted by molar-refractivity contribution is 5.78.